The van der Waals surface area contributed by atoms with Crippen LogP contribution in [-0.4, -0.2) is 30.1 Å². The Labute approximate surface area is 147 Å². The molecule has 25 heavy (non-hydrogen) atoms. The molecule has 1 aromatic heterocycles. The number of para-hydroxylation sites is 1. The Bertz CT molecular complexity index is 1090. The Morgan fingerprint density at radius 3 is 2.64 bits per heavy atom. The van der Waals surface area contributed by atoms with Gasteiger partial charge in [0.25, 0.3) is 5.56 Å². The van der Waals surface area contributed by atoms with Crippen molar-refractivity contribution in [2.75, 3.05) is 14.2 Å². The summed E-state index contributed by atoms with van der Waals surface area (Å²) in [5.74, 6) is 0.804. The van der Waals surface area contributed by atoms with Gasteiger partial charge in [-0.1, -0.05) is 23.7 Å². The molecule has 0 aliphatic rings. The van der Waals surface area contributed by atoms with Crippen LogP contribution in [0.15, 0.2) is 51.1 Å². The molecule has 0 saturated heterocycles. The molecule has 1 heterocycles. The van der Waals surface area contributed by atoms with Crippen molar-refractivity contribution in [3.8, 4) is 11.5 Å². The minimum atomic E-state index is -0.633. The van der Waals surface area contributed by atoms with Crippen LogP contribution in [0.4, 0.5) is 0 Å². The van der Waals surface area contributed by atoms with Gasteiger partial charge >= 0.3 is 5.69 Å². The Morgan fingerprint density at radius 2 is 1.92 bits per heavy atom. The van der Waals surface area contributed by atoms with E-state index in [1.807, 2.05) is 0 Å². The number of aromatic amines is 1. The number of aromatic nitrogens is 2. The van der Waals surface area contributed by atoms with E-state index >= 15 is 0 Å². The van der Waals surface area contributed by atoms with Gasteiger partial charge in [0.05, 0.1) is 36.4 Å². The molecule has 128 valence electrons. The lowest BCUT2D eigenvalue weighted by Crippen LogP contribution is -2.32. The lowest BCUT2D eigenvalue weighted by Gasteiger charge is -2.09. The van der Waals surface area contributed by atoms with E-state index < -0.39 is 11.2 Å². The molecule has 3 aromatic rings. The smallest absolute Gasteiger partial charge is 0.349 e. The van der Waals surface area contributed by atoms with E-state index in [1.165, 1.54) is 20.4 Å². The predicted octanol–water partition coefficient (Wildman–Crippen LogP) is 2.24. The minimum absolute atomic E-state index is 0.322. The normalized spacial score (nSPS) is 11.2. The standard InChI is InChI=1S/C17H14ClN3O4/c1-24-14-8-10(7-12(18)15(14)25-2)9-19-21-16(22)11-5-3-4-6-13(11)20-17(21)23/h3-9H,1-2H3,(H,20,23)/b19-9+. The Balaban J connectivity index is 2.09. The summed E-state index contributed by atoms with van der Waals surface area (Å²) >= 11 is 6.13. The summed E-state index contributed by atoms with van der Waals surface area (Å²) in [6.45, 7) is 0. The van der Waals surface area contributed by atoms with E-state index in [0.717, 1.165) is 4.68 Å². The zero-order chi connectivity index (χ0) is 18.0. The first-order chi connectivity index (χ1) is 12.0. The van der Waals surface area contributed by atoms with E-state index in [0.29, 0.717) is 33.0 Å². The Morgan fingerprint density at radius 1 is 1.16 bits per heavy atom. The minimum Gasteiger partial charge on any atom is -0.493 e. The monoisotopic (exact) mass is 359 g/mol. The van der Waals surface area contributed by atoms with Crippen molar-refractivity contribution in [2.45, 2.75) is 0 Å². The maximum absolute atomic E-state index is 12.4. The van der Waals surface area contributed by atoms with Gasteiger partial charge in [0.2, 0.25) is 0 Å². The molecule has 0 spiro atoms. The molecule has 2 aromatic carbocycles. The molecule has 0 bridgehead atoms. The predicted molar refractivity (Wildman–Crippen MR) is 96.4 cm³/mol. The molecule has 0 radical (unpaired) electrons. The number of nitrogens with zero attached hydrogens (tertiary/aromatic N) is 2. The van der Waals surface area contributed by atoms with Crippen LogP contribution in [0.25, 0.3) is 10.9 Å². The van der Waals surface area contributed by atoms with Gasteiger partial charge in [-0.3, -0.25) is 4.79 Å². The zero-order valence-corrected chi connectivity index (χ0v) is 14.2. The van der Waals surface area contributed by atoms with Crippen LogP contribution in [0.3, 0.4) is 0 Å². The van der Waals surface area contributed by atoms with Gasteiger partial charge < -0.3 is 14.5 Å². The third-order valence-electron chi connectivity index (χ3n) is 3.56. The quantitative estimate of drug-likeness (QED) is 0.724. The van der Waals surface area contributed by atoms with Crippen LogP contribution in [0, 0.1) is 0 Å². The van der Waals surface area contributed by atoms with E-state index in [1.54, 1.807) is 36.4 Å². The highest BCUT2D eigenvalue weighted by molar-refractivity contribution is 6.32. The van der Waals surface area contributed by atoms with E-state index in [4.69, 9.17) is 21.1 Å². The van der Waals surface area contributed by atoms with Gasteiger partial charge in [0, 0.05) is 0 Å². The highest BCUT2D eigenvalue weighted by atomic mass is 35.5. The maximum atomic E-state index is 12.4. The van der Waals surface area contributed by atoms with Crippen molar-refractivity contribution < 1.29 is 9.47 Å². The molecule has 0 fully saturated rings. The number of benzene rings is 2. The molecular weight excluding hydrogens is 346 g/mol. The number of halogens is 1. The first-order valence-corrected chi connectivity index (χ1v) is 7.63. The molecule has 0 unspecified atom stereocenters. The number of rotatable bonds is 4. The molecule has 0 atom stereocenters. The summed E-state index contributed by atoms with van der Waals surface area (Å²) in [6.07, 6.45) is 1.35. The van der Waals surface area contributed by atoms with E-state index in [2.05, 4.69) is 10.1 Å². The molecule has 0 aliphatic carbocycles. The second-order valence-corrected chi connectivity index (χ2v) is 5.48. The van der Waals surface area contributed by atoms with Crippen molar-refractivity contribution in [1.82, 2.24) is 9.66 Å². The van der Waals surface area contributed by atoms with Crippen molar-refractivity contribution >= 4 is 28.7 Å². The van der Waals surface area contributed by atoms with Gasteiger partial charge in [0.15, 0.2) is 11.5 Å². The lowest BCUT2D eigenvalue weighted by molar-refractivity contribution is 0.355. The van der Waals surface area contributed by atoms with Gasteiger partial charge in [-0.2, -0.15) is 5.10 Å². The average Bonchev–Trinajstić information content (AvgIpc) is 2.61. The SMILES string of the molecule is COc1cc(/C=N/n2c(=O)[nH]c3ccccc3c2=O)cc(Cl)c1OC. The molecule has 1 N–H and O–H groups in total. The number of nitrogens with one attached hydrogen (secondary N) is 1. The van der Waals surface area contributed by atoms with Crippen LogP contribution < -0.4 is 20.7 Å². The fourth-order valence-corrected chi connectivity index (χ4v) is 2.69. The topological polar surface area (TPSA) is 85.7 Å². The number of methoxy groups -OCH3 is 2. The van der Waals surface area contributed by atoms with Crippen molar-refractivity contribution in [1.29, 1.82) is 0 Å². The summed E-state index contributed by atoms with van der Waals surface area (Å²) in [4.78, 5) is 27.1. The van der Waals surface area contributed by atoms with Crippen molar-refractivity contribution in [2.24, 2.45) is 5.10 Å². The highest BCUT2D eigenvalue weighted by Crippen LogP contribution is 2.35. The molecule has 0 saturated carbocycles. The fourth-order valence-electron chi connectivity index (χ4n) is 2.39. The second-order valence-electron chi connectivity index (χ2n) is 5.08. The molecule has 8 heteroatoms. The summed E-state index contributed by atoms with van der Waals surface area (Å²) in [7, 11) is 2.96. The fraction of sp³-hybridized carbons (Fsp3) is 0.118. The highest BCUT2D eigenvalue weighted by Gasteiger charge is 2.10. The number of hydrogen-bond donors (Lipinski definition) is 1. The Hall–Kier alpha value is -3.06. The second kappa shape index (κ2) is 6.82. The van der Waals surface area contributed by atoms with E-state index in [9.17, 15) is 9.59 Å². The zero-order valence-electron chi connectivity index (χ0n) is 13.4. The van der Waals surface area contributed by atoms with Gasteiger partial charge in [0.1, 0.15) is 0 Å². The van der Waals surface area contributed by atoms with Gasteiger partial charge in [-0.05, 0) is 29.8 Å². The van der Waals surface area contributed by atoms with Crippen molar-refractivity contribution in [3.05, 3.63) is 67.8 Å². The molecular formula is C17H14ClN3O4. The lowest BCUT2D eigenvalue weighted by atomic mass is 10.2. The van der Waals surface area contributed by atoms with Gasteiger partial charge in [-0.15, -0.1) is 4.68 Å². The number of ether oxygens (including phenoxy) is 2. The summed E-state index contributed by atoms with van der Waals surface area (Å²) in [5, 5.41) is 4.67. The van der Waals surface area contributed by atoms with E-state index in [-0.39, 0.29) is 0 Å². The average molecular weight is 360 g/mol. The molecule has 0 amide bonds. The Kier molecular flexibility index (Phi) is 4.58. The first kappa shape index (κ1) is 16.8. The third kappa shape index (κ3) is 3.14. The number of hydrogen-bond acceptors (Lipinski definition) is 5. The van der Waals surface area contributed by atoms with Crippen LogP contribution >= 0.6 is 11.6 Å². The summed E-state index contributed by atoms with van der Waals surface area (Å²) in [6, 6.07) is 9.94. The number of fused-ring (bicyclic) bond motifs is 1. The van der Waals surface area contributed by atoms with Crippen molar-refractivity contribution in [3.63, 3.8) is 0 Å². The maximum Gasteiger partial charge on any atom is 0.349 e. The van der Waals surface area contributed by atoms with Crippen LogP contribution in [0.1, 0.15) is 5.56 Å². The van der Waals surface area contributed by atoms with Gasteiger partial charge in [-0.25, -0.2) is 4.79 Å². The van der Waals surface area contributed by atoms with Crippen LogP contribution in [-0.2, 0) is 0 Å². The third-order valence-corrected chi connectivity index (χ3v) is 3.84. The molecule has 0 aliphatic heterocycles. The molecule has 3 rings (SSSR count). The largest absolute Gasteiger partial charge is 0.493 e. The number of H-pyrrole nitrogens is 1. The first-order valence-electron chi connectivity index (χ1n) is 7.25. The summed E-state index contributed by atoms with van der Waals surface area (Å²) in [5.41, 5.74) is -0.145. The van der Waals surface area contributed by atoms with Crippen LogP contribution in [0.2, 0.25) is 5.02 Å². The van der Waals surface area contributed by atoms with Crippen LogP contribution in [0.5, 0.6) is 11.5 Å². The molecule has 7 nitrogen and oxygen atoms in total. The summed E-state index contributed by atoms with van der Waals surface area (Å²) < 4.78 is 11.1.